The van der Waals surface area contributed by atoms with Gasteiger partial charge in [0.2, 0.25) is 0 Å². The first kappa shape index (κ1) is 20.0. The van der Waals surface area contributed by atoms with Gasteiger partial charge in [-0.1, -0.05) is 0 Å². The predicted molar refractivity (Wildman–Crippen MR) is 176 cm³/mol. The van der Waals surface area contributed by atoms with Crippen molar-refractivity contribution in [2.75, 3.05) is 0 Å². The minimum Gasteiger partial charge on any atom is -0.0461 e. The Morgan fingerprint density at radius 2 is 0.315 bits per heavy atom. The second-order valence-corrected chi connectivity index (χ2v) is 33.5. The molecule has 34 fully saturated rings. The molecular formula is C54H42. The van der Waals surface area contributed by atoms with Crippen LogP contribution in [0.25, 0.3) is 0 Å². The van der Waals surface area contributed by atoms with Gasteiger partial charge < -0.3 is 0 Å². The van der Waals surface area contributed by atoms with Crippen LogP contribution in [0.1, 0.15) is 25.7 Å². The summed E-state index contributed by atoms with van der Waals surface area (Å²) in [5, 5.41) is 0. The highest BCUT2D eigenvalue weighted by Crippen LogP contribution is 3.43. The average molecular weight is 691 g/mol. The number of rotatable bonds is 0. The topological polar surface area (TPSA) is 0 Å². The molecule has 16 spiro atoms. The van der Waals surface area contributed by atoms with Gasteiger partial charge in [0.15, 0.2) is 0 Å². The van der Waals surface area contributed by atoms with E-state index < -0.39 is 0 Å². The van der Waals surface area contributed by atoms with Gasteiger partial charge in [-0.3, -0.25) is 0 Å². The number of fused-ring (bicyclic) bond motifs is 30. The highest BCUT2D eigenvalue weighted by atomic mass is 15.4. The van der Waals surface area contributed by atoms with Gasteiger partial charge >= 0.3 is 0 Å². The van der Waals surface area contributed by atoms with Crippen molar-refractivity contribution < 1.29 is 0 Å². The van der Waals surface area contributed by atoms with Crippen LogP contribution in [0, 0.1) is 288 Å². The molecule has 0 amide bonds. The number of hydrogen-bond donors (Lipinski definition) is 0. The summed E-state index contributed by atoms with van der Waals surface area (Å²) in [6.07, 6.45) is 7.06. The SMILES string of the molecule is C1C2C[C@@H]3[C@@H]4[C@@H]5[C@@H]6[C@@H]7[C@@H]8C9[C@@H]%10[C@@H]%11[C@@H]%12[C@@H]%13[C@@H]%14[C@@H]%15[C@@H]%16[C@@H]%17[C@@H]%18CC%19CC%20C%21C%22C%23C%24C%25C%26C%27C%28C%29C%30C%31C%32C%33C%34C1C23C%344C%335C%326C%317C%308C%299C%28%10C%27%11C%26%12C%25%13C%24%14C%23%15C%22%16C%21%17C%19%20%18. The van der Waals surface area contributed by atoms with Crippen molar-refractivity contribution in [3.05, 3.63) is 0 Å². The molecule has 0 aromatic carbocycles. The lowest BCUT2D eigenvalue weighted by Crippen LogP contribution is -3.38. The molecule has 0 aliphatic heterocycles. The molecule has 0 aromatic rings. The minimum atomic E-state index is 1.07. The van der Waals surface area contributed by atoms with E-state index >= 15 is 0 Å². The largest absolute Gasteiger partial charge is 0.0461 e. The van der Waals surface area contributed by atoms with Gasteiger partial charge in [-0.05, 0) is 314 Å². The van der Waals surface area contributed by atoms with Crippen molar-refractivity contribution in [1.82, 2.24) is 0 Å². The second kappa shape index (κ2) is 3.51. The predicted octanol–water partition coefficient (Wildman–Crippen LogP) is 5.74. The van der Waals surface area contributed by atoms with Crippen LogP contribution < -0.4 is 0 Å². The van der Waals surface area contributed by atoms with E-state index in [9.17, 15) is 0 Å². The maximum absolute atomic E-state index is 1.76. The Kier molecular flexibility index (Phi) is 1.30. The fraction of sp³-hybridized carbons (Fsp3) is 1.00. The Morgan fingerprint density at radius 3 is 0.481 bits per heavy atom. The van der Waals surface area contributed by atoms with E-state index in [-0.39, 0.29) is 0 Å². The Labute approximate surface area is 312 Å². The molecule has 0 radical (unpaired) electrons. The van der Waals surface area contributed by atoms with Crippen molar-refractivity contribution in [3.8, 4) is 0 Å². The summed E-state index contributed by atoms with van der Waals surface area (Å²) < 4.78 is 0. The third-order valence-electron chi connectivity index (χ3n) is 42.8. The molecular weight excluding hydrogens is 649 g/mol. The Hall–Kier alpha value is 0. The molecule has 34 aliphatic rings. The molecule has 0 aromatic heterocycles. The first-order chi connectivity index (χ1) is 26.8. The van der Waals surface area contributed by atoms with Crippen LogP contribution in [0.4, 0.5) is 0 Å². The van der Waals surface area contributed by atoms with Crippen molar-refractivity contribution in [2.45, 2.75) is 25.7 Å². The van der Waals surface area contributed by atoms with Gasteiger partial charge in [0.1, 0.15) is 0 Å². The maximum atomic E-state index is 1.76. The monoisotopic (exact) mass is 690 g/mol. The van der Waals surface area contributed by atoms with Gasteiger partial charge in [0.25, 0.3) is 0 Å². The van der Waals surface area contributed by atoms with Gasteiger partial charge in [-0.2, -0.15) is 0 Å². The fourth-order valence-electron chi connectivity index (χ4n) is 50.7. The molecule has 35 unspecified atom stereocenters. The molecule has 0 N–H and O–H groups in total. The number of hydrogen-bond acceptors (Lipinski definition) is 0. The molecule has 34 rings (SSSR count). The summed E-state index contributed by atoms with van der Waals surface area (Å²) in [5.41, 5.74) is 17.5. The van der Waals surface area contributed by atoms with Crippen LogP contribution in [-0.2, 0) is 0 Å². The van der Waals surface area contributed by atoms with Crippen LogP contribution in [0.3, 0.4) is 0 Å². The van der Waals surface area contributed by atoms with Crippen LogP contribution in [0.2, 0.25) is 0 Å². The molecule has 0 nitrogen and oxygen atoms in total. The van der Waals surface area contributed by atoms with Gasteiger partial charge in [-0.25, -0.2) is 0 Å². The lowest BCUT2D eigenvalue weighted by molar-refractivity contribution is -0.951. The van der Waals surface area contributed by atoms with Crippen LogP contribution >= 0.6 is 0 Å². The lowest BCUT2D eigenvalue weighted by Gasteiger charge is -3.40. The highest BCUT2D eigenvalue weighted by molar-refractivity contribution is 5.86. The third kappa shape index (κ3) is 0.599. The van der Waals surface area contributed by atoms with E-state index in [0.29, 0.717) is 0 Å². The molecule has 0 heteroatoms. The van der Waals surface area contributed by atoms with E-state index in [1.165, 1.54) is 201 Å². The summed E-state index contributed by atoms with van der Waals surface area (Å²) in [5.74, 6) is 46.8. The van der Waals surface area contributed by atoms with Crippen LogP contribution in [0.15, 0.2) is 0 Å². The molecule has 54 heavy (non-hydrogen) atoms. The van der Waals surface area contributed by atoms with E-state index in [0.717, 1.165) is 86.6 Å². The van der Waals surface area contributed by atoms with E-state index in [2.05, 4.69) is 0 Å². The lowest BCUT2D eigenvalue weighted by atomic mass is 8.63. The molecule has 0 heterocycles. The standard InChI is InChI=1S/C54H42/c1-5-2-8-12-16-20-24-28-32-37-38-34-30-26-22-18-14-10-4-6-3-9-13-17-21-25-29-33-36-35-31-27-23-19-15-11-7(1)39(5,8)41(11,12)43(15,16)45(19,20)47(23,24)49(27,28)51(31,32)53(35,37)54(36,38)52(33,34)50(29,30)48(25,26)46(21,22)44(17,18)42(13,14)40(6,9)10/h5-38H,1-4H2/t5?,6?,7-,8?,9+,10?,11-,12?,13+,14?,15-,16?,17+,18?,19-,20?,21+,22?,23-,24?,25+,26?,27-,28?,29+,30?,31-,32?,33?,34?,35-,36+,37?,38?,39?,40?,41?,42?,43?,44?,45?,46?,47?,48?,49?,50?,51?,52?,53?,54?/m0/s1. The van der Waals surface area contributed by atoms with Gasteiger partial charge in [0.05, 0.1) is 0 Å². The summed E-state index contributed by atoms with van der Waals surface area (Å²) >= 11 is 0. The molecule has 34 aliphatic carbocycles. The van der Waals surface area contributed by atoms with Crippen molar-refractivity contribution in [3.63, 3.8) is 0 Å². The smallest absolute Gasteiger partial charge is 0.00932 e. The average Bonchev–Trinajstić information content (AvgIpc) is 3.03. The first-order valence-corrected chi connectivity index (χ1v) is 26.8. The maximum Gasteiger partial charge on any atom is -0.00932 e. The van der Waals surface area contributed by atoms with E-state index in [1.807, 2.05) is 0 Å². The Balaban J connectivity index is 0.612. The van der Waals surface area contributed by atoms with Gasteiger partial charge in [0, 0.05) is 0 Å². The van der Waals surface area contributed by atoms with E-state index in [4.69, 9.17) is 0 Å². The van der Waals surface area contributed by atoms with E-state index in [1.54, 1.807) is 25.7 Å². The highest BCUT2D eigenvalue weighted by Gasteiger charge is 3.41. The minimum absolute atomic E-state index is 1.07. The molecule has 258 valence electrons. The molecule has 50 atom stereocenters. The van der Waals surface area contributed by atoms with Crippen molar-refractivity contribution in [1.29, 1.82) is 0 Å². The zero-order valence-electron chi connectivity index (χ0n) is 30.5. The molecule has 34 saturated carbocycles. The fourth-order valence-corrected chi connectivity index (χ4v) is 50.7. The third-order valence-corrected chi connectivity index (χ3v) is 42.8. The second-order valence-electron chi connectivity index (χ2n) is 33.5. The summed E-state index contributed by atoms with van der Waals surface area (Å²) in [6.45, 7) is 0. The summed E-state index contributed by atoms with van der Waals surface area (Å²) in [4.78, 5) is 0. The van der Waals surface area contributed by atoms with Crippen LogP contribution in [0.5, 0.6) is 0 Å². The first-order valence-electron chi connectivity index (χ1n) is 26.8. The van der Waals surface area contributed by atoms with Crippen molar-refractivity contribution >= 4 is 0 Å². The molecule has 0 bridgehead atoms. The zero-order chi connectivity index (χ0) is 30.5. The normalized spacial score (nSPS) is 127. The Bertz CT molecular complexity index is 2720. The zero-order valence-corrected chi connectivity index (χ0v) is 30.5. The quantitative estimate of drug-likeness (QED) is 0.304. The summed E-state index contributed by atoms with van der Waals surface area (Å²) in [6, 6.07) is 0. The Morgan fingerprint density at radius 1 is 0.167 bits per heavy atom. The molecule has 0 saturated heterocycles. The van der Waals surface area contributed by atoms with Crippen molar-refractivity contribution in [2.24, 2.45) is 288 Å². The summed E-state index contributed by atoms with van der Waals surface area (Å²) in [7, 11) is 0. The van der Waals surface area contributed by atoms with Crippen LogP contribution in [-0.4, -0.2) is 0 Å². The van der Waals surface area contributed by atoms with Gasteiger partial charge in [-0.15, -0.1) is 0 Å².